The number of rotatable bonds is 39. The van der Waals surface area contributed by atoms with Gasteiger partial charge in [-0.1, -0.05) is 118 Å². The smallest absolute Gasteiger partial charge is 0.317 e. The zero-order valence-corrected chi connectivity index (χ0v) is 61.9. The number of amides is 8. The average molecular weight is 1440 g/mol. The summed E-state index contributed by atoms with van der Waals surface area (Å²) in [6.07, 6.45) is 14.1. The lowest BCUT2D eigenvalue weighted by Gasteiger charge is -2.51. The van der Waals surface area contributed by atoms with Gasteiger partial charge in [-0.3, -0.25) is 28.8 Å². The summed E-state index contributed by atoms with van der Waals surface area (Å²) < 4.78 is 47.1. The number of benzene rings is 4. The van der Waals surface area contributed by atoms with Gasteiger partial charge in [0.15, 0.2) is 34.6 Å². The Balaban J connectivity index is 0.605. The van der Waals surface area contributed by atoms with Crippen molar-refractivity contribution in [2.45, 2.75) is 181 Å². The molecule has 104 heavy (non-hydrogen) atoms. The monoisotopic (exact) mass is 1440 g/mol. The number of hydrogen-bond acceptors (Lipinski definition) is 16. The highest BCUT2D eigenvalue weighted by molar-refractivity contribution is 6.11. The number of nitrogens with zero attached hydrogens (tertiary/aromatic N) is 4. The number of nitrogens with one attached hydrogen (secondary N) is 4. The minimum Gasteiger partial charge on any atom is -0.488 e. The summed E-state index contributed by atoms with van der Waals surface area (Å²) in [4.78, 5) is 117. The van der Waals surface area contributed by atoms with Crippen molar-refractivity contribution in [2.24, 2.45) is 22.7 Å². The van der Waals surface area contributed by atoms with E-state index in [9.17, 15) is 38.4 Å². The third kappa shape index (κ3) is 18.7. The van der Waals surface area contributed by atoms with Crippen molar-refractivity contribution >= 4 is 47.3 Å². The van der Waals surface area contributed by atoms with Crippen molar-refractivity contribution in [3.8, 4) is 34.5 Å². The topological polar surface area (TPSA) is 271 Å². The van der Waals surface area contributed by atoms with Gasteiger partial charge in [-0.2, -0.15) is 0 Å². The van der Waals surface area contributed by atoms with Crippen molar-refractivity contribution in [2.75, 3.05) is 105 Å². The summed E-state index contributed by atoms with van der Waals surface area (Å²) in [6.45, 7) is 18.3. The minimum atomic E-state index is -1.04. The molecular formula is C80H110N8O16. The normalized spacial score (nSPS) is 19.7. The molecule has 0 spiro atoms. The van der Waals surface area contributed by atoms with Crippen LogP contribution in [0.5, 0.6) is 34.5 Å². The van der Waals surface area contributed by atoms with Gasteiger partial charge in [0.25, 0.3) is 11.8 Å². The predicted octanol–water partition coefficient (Wildman–Crippen LogP) is 11.5. The highest BCUT2D eigenvalue weighted by Gasteiger charge is 2.66. The van der Waals surface area contributed by atoms with E-state index in [-0.39, 0.29) is 61.0 Å². The second-order valence-corrected chi connectivity index (χ2v) is 28.2. The number of ketones is 2. The maximum atomic E-state index is 14.5. The number of urea groups is 2. The van der Waals surface area contributed by atoms with E-state index in [1.54, 1.807) is 68.1 Å². The Kier molecular flexibility index (Phi) is 28.4. The first-order valence-electron chi connectivity index (χ1n) is 38.4. The number of ether oxygens (including phenoxy) is 8. The largest absolute Gasteiger partial charge is 0.488 e. The zero-order valence-electron chi connectivity index (χ0n) is 61.9. The number of unbranched alkanes of at least 4 members (excludes halogenated alkanes) is 9. The summed E-state index contributed by atoms with van der Waals surface area (Å²) in [6, 6.07) is 23.9. The molecule has 4 N–H and O–H groups in total. The van der Waals surface area contributed by atoms with Crippen LogP contribution in [0.25, 0.3) is 0 Å². The van der Waals surface area contributed by atoms with Gasteiger partial charge >= 0.3 is 12.1 Å². The lowest BCUT2D eigenvalue weighted by atomic mass is 9.55. The van der Waals surface area contributed by atoms with Gasteiger partial charge in [0.1, 0.15) is 35.5 Å². The Morgan fingerprint density at radius 1 is 0.433 bits per heavy atom. The molecule has 566 valence electrons. The first-order chi connectivity index (χ1) is 50.6. The molecule has 2 saturated carbocycles. The molecule has 0 bridgehead atoms. The molecule has 4 heterocycles. The molecule has 24 heteroatoms. The van der Waals surface area contributed by atoms with Gasteiger partial charge in [-0.05, 0) is 135 Å². The van der Waals surface area contributed by atoms with E-state index in [2.05, 4.69) is 28.2 Å². The van der Waals surface area contributed by atoms with Gasteiger partial charge in [-0.15, -0.1) is 0 Å². The van der Waals surface area contributed by atoms with Gasteiger partial charge < -0.3 is 78.8 Å². The van der Waals surface area contributed by atoms with Crippen molar-refractivity contribution < 1.29 is 76.3 Å². The summed E-state index contributed by atoms with van der Waals surface area (Å²) in [5.41, 5.74) is 0.984. The average Bonchev–Trinajstić information content (AvgIpc) is 0.795. The Hall–Kier alpha value is -8.64. The van der Waals surface area contributed by atoms with Crippen LogP contribution >= 0.6 is 0 Å². The minimum absolute atomic E-state index is 0.111. The summed E-state index contributed by atoms with van der Waals surface area (Å²) in [5.74, 6) is 0.0394. The van der Waals surface area contributed by atoms with Gasteiger partial charge in [-0.25, -0.2) is 9.59 Å². The maximum absolute atomic E-state index is 14.5. The predicted molar refractivity (Wildman–Crippen MR) is 391 cm³/mol. The third-order valence-corrected chi connectivity index (χ3v) is 22.0. The van der Waals surface area contributed by atoms with E-state index in [1.807, 2.05) is 71.0 Å². The highest BCUT2D eigenvalue weighted by Crippen LogP contribution is 2.52. The van der Waals surface area contributed by atoms with Gasteiger partial charge in [0.2, 0.25) is 25.4 Å². The van der Waals surface area contributed by atoms with Crippen LogP contribution in [-0.2, 0) is 28.7 Å². The Morgan fingerprint density at radius 2 is 0.808 bits per heavy atom. The molecule has 0 aromatic heterocycles. The van der Waals surface area contributed by atoms with Crippen molar-refractivity contribution in [1.82, 2.24) is 40.9 Å². The Labute approximate surface area is 612 Å². The molecule has 2 aliphatic carbocycles. The van der Waals surface area contributed by atoms with Gasteiger partial charge in [0, 0.05) is 89.8 Å². The van der Waals surface area contributed by atoms with Crippen LogP contribution < -0.4 is 49.7 Å². The summed E-state index contributed by atoms with van der Waals surface area (Å²) in [5, 5.41) is 12.3. The second-order valence-electron chi connectivity index (χ2n) is 28.2. The molecule has 8 amide bonds. The molecule has 4 fully saturated rings. The summed E-state index contributed by atoms with van der Waals surface area (Å²) in [7, 11) is 0. The quantitative estimate of drug-likeness (QED) is 0.0239. The molecule has 6 aliphatic rings. The number of Topliss-reactive ketones (excluding diaryl/α,β-unsaturated/α-hetero) is 2. The molecule has 4 aliphatic heterocycles. The lowest BCUT2D eigenvalue weighted by molar-refractivity contribution is -0.174. The van der Waals surface area contributed by atoms with Gasteiger partial charge in [0.05, 0.1) is 36.1 Å². The molecule has 4 aromatic carbocycles. The fourth-order valence-corrected chi connectivity index (χ4v) is 15.4. The Bertz CT molecular complexity index is 3530. The first kappa shape index (κ1) is 78.0. The number of carbonyl (C=O) groups excluding carboxylic acids is 8. The van der Waals surface area contributed by atoms with Crippen molar-refractivity contribution in [3.05, 3.63) is 107 Å². The van der Waals surface area contributed by atoms with E-state index in [4.69, 9.17) is 37.9 Å². The molecule has 2 saturated heterocycles. The highest BCUT2D eigenvalue weighted by atomic mass is 16.7. The zero-order chi connectivity index (χ0) is 73.6. The van der Waals surface area contributed by atoms with Crippen LogP contribution in [-0.4, -0.2) is 185 Å². The summed E-state index contributed by atoms with van der Waals surface area (Å²) >= 11 is 0. The van der Waals surface area contributed by atoms with E-state index in [1.165, 1.54) is 19.3 Å². The van der Waals surface area contributed by atoms with E-state index < -0.39 is 46.8 Å². The molecule has 0 radical (unpaired) electrons. The van der Waals surface area contributed by atoms with Crippen LogP contribution in [0.3, 0.4) is 0 Å². The molecule has 4 aromatic rings. The molecule has 6 atom stereocenters. The van der Waals surface area contributed by atoms with Crippen LogP contribution in [0.1, 0.15) is 201 Å². The number of carbonyl (C=O) groups is 8. The maximum Gasteiger partial charge on any atom is 0.317 e. The SMILES string of the molecule is CCCCCCCOCCNC(=O)N1CCN(C(=O)c2ccc(O[C@@H]3C(C(=O)N[C@H](CCCCCCCCOCCNC(=O)N4CCN(C(=O)c5ccc(O[C@@H]6C(C(=O)N[C@H](CCC)c7ccc8c(c7)OCO8)C(=O)C6(CC)CC)cc5)CC4)c4ccc5c(c4)OCO5)C(=O)C3(CC)CC)cc2)CC1. The number of fused-ring (bicyclic) bond motifs is 2. The van der Waals surface area contributed by atoms with E-state index in [0.29, 0.717) is 176 Å². The number of hydrogen-bond donors (Lipinski definition) is 4. The third-order valence-electron chi connectivity index (χ3n) is 22.0. The van der Waals surface area contributed by atoms with Crippen LogP contribution in [0.15, 0.2) is 84.9 Å². The molecular weight excluding hydrogens is 1330 g/mol. The number of piperazine rings is 2. The fraction of sp³-hybridized carbons (Fsp3) is 0.600. The van der Waals surface area contributed by atoms with Crippen LogP contribution in [0, 0.1) is 22.7 Å². The van der Waals surface area contributed by atoms with E-state index in [0.717, 1.165) is 68.9 Å². The lowest BCUT2D eigenvalue weighted by Crippen LogP contribution is -2.68. The molecule has 2 unspecified atom stereocenters. The second kappa shape index (κ2) is 37.9. The fourth-order valence-electron chi connectivity index (χ4n) is 15.4. The Morgan fingerprint density at radius 3 is 1.21 bits per heavy atom. The molecule has 10 rings (SSSR count). The first-order valence-corrected chi connectivity index (χ1v) is 38.4. The van der Waals surface area contributed by atoms with Crippen LogP contribution in [0.4, 0.5) is 9.59 Å². The van der Waals surface area contributed by atoms with Crippen LogP contribution in [0.2, 0.25) is 0 Å². The molecule has 24 nitrogen and oxygen atoms in total. The van der Waals surface area contributed by atoms with E-state index >= 15 is 0 Å². The standard InChI is InChI=1S/C80H110N8O16/c1-7-13-14-18-21-47-97-49-37-81-77(95)87-43-39-86(40-44-87)76(94)56-27-33-60(34-28-56)104-72-68(70(90)80(72,11-5)12-6)74(92)84-62(58-30-36-64-66(52-58)102-54-100-64)24-20-17-15-16-19-22-48-98-50-38-82-78(96)88-45-41-85(42-46-88)75(93)55-25-31-59(32-26-55)103-71-67(69(89)79(71,9-3)10-4)73(91)83-61(23-8-2)57-29-35-63-65(51-57)101-53-99-63/h25-36,51-52,61-62,67-68,71-72H,7-24,37-50,53-54H2,1-6H3,(H,81,95)(H,82,96)(H,83,91)(H,84,92)/t61-,62-,67?,68?,71-,72-/m1/s1. The van der Waals surface area contributed by atoms with Crippen molar-refractivity contribution in [1.29, 1.82) is 0 Å². The van der Waals surface area contributed by atoms with Crippen molar-refractivity contribution in [3.63, 3.8) is 0 Å².